The first-order chi connectivity index (χ1) is 15.1. The summed E-state index contributed by atoms with van der Waals surface area (Å²) >= 11 is 0. The van der Waals surface area contributed by atoms with E-state index in [-0.39, 0.29) is 5.56 Å². The number of aliphatic imine (C=N–C) groups is 1. The standard InChI is InChI=1S/C21H16F4N6O/c1-20(7-17(21(23,24)25)32-19(27)30-20)15-6-13(3-4-16(15)22)14-10-29-31(11-14)18-5-2-12(8-26)9-28-18/h2-6,9-11,17H,7H2,1H3,(H2,27,30)/t17-,20+/m0/s1. The highest BCUT2D eigenvalue weighted by atomic mass is 19.4. The summed E-state index contributed by atoms with van der Waals surface area (Å²) in [4.78, 5) is 8.14. The molecule has 0 amide bonds. The van der Waals surface area contributed by atoms with Gasteiger partial charge < -0.3 is 10.5 Å². The third kappa shape index (κ3) is 3.99. The molecule has 0 aliphatic carbocycles. The molecule has 0 radical (unpaired) electrons. The van der Waals surface area contributed by atoms with E-state index in [9.17, 15) is 17.6 Å². The molecule has 0 bridgehead atoms. The Morgan fingerprint density at radius 1 is 1.22 bits per heavy atom. The molecule has 1 aliphatic heterocycles. The van der Waals surface area contributed by atoms with Gasteiger partial charge in [0, 0.05) is 29.9 Å². The summed E-state index contributed by atoms with van der Waals surface area (Å²) in [5.41, 5.74) is 5.36. The second-order valence-electron chi connectivity index (χ2n) is 7.46. The molecule has 1 aromatic carbocycles. The van der Waals surface area contributed by atoms with Crippen LogP contribution in [-0.2, 0) is 10.3 Å². The zero-order chi connectivity index (χ0) is 23.1. The highest BCUT2D eigenvalue weighted by Gasteiger charge is 2.50. The molecule has 3 aromatic rings. The molecule has 0 saturated heterocycles. The summed E-state index contributed by atoms with van der Waals surface area (Å²) in [5, 5.41) is 13.1. The van der Waals surface area contributed by atoms with Crippen molar-refractivity contribution in [2.45, 2.75) is 31.2 Å². The Morgan fingerprint density at radius 2 is 2.00 bits per heavy atom. The van der Waals surface area contributed by atoms with E-state index in [2.05, 4.69) is 19.8 Å². The SMILES string of the molecule is C[C@]1(c2cc(-c3cnn(-c4ccc(C#N)cn4)c3)ccc2F)C[C@@H](C(F)(F)F)OC(N)=N1. The molecule has 164 valence electrons. The first-order valence-corrected chi connectivity index (χ1v) is 9.39. The quantitative estimate of drug-likeness (QED) is 0.619. The number of halogens is 4. The van der Waals surface area contributed by atoms with Gasteiger partial charge in [0.1, 0.15) is 11.9 Å². The molecule has 0 saturated carbocycles. The maximum Gasteiger partial charge on any atom is 0.425 e. The summed E-state index contributed by atoms with van der Waals surface area (Å²) in [6.45, 7) is 1.38. The van der Waals surface area contributed by atoms with Gasteiger partial charge in [-0.3, -0.25) is 0 Å². The molecule has 3 heterocycles. The van der Waals surface area contributed by atoms with Crippen LogP contribution in [-0.4, -0.2) is 33.1 Å². The largest absolute Gasteiger partial charge is 0.452 e. The van der Waals surface area contributed by atoms with Crippen molar-refractivity contribution in [2.24, 2.45) is 10.7 Å². The molecule has 0 unspecified atom stereocenters. The molecule has 4 rings (SSSR count). The topological polar surface area (TPSA) is 102 Å². The number of ether oxygens (including phenoxy) is 1. The number of rotatable bonds is 3. The minimum Gasteiger partial charge on any atom is -0.452 e. The monoisotopic (exact) mass is 444 g/mol. The molecular weight excluding hydrogens is 428 g/mol. The number of hydrogen-bond acceptors (Lipinski definition) is 6. The summed E-state index contributed by atoms with van der Waals surface area (Å²) in [5.74, 6) is -0.254. The first kappa shape index (κ1) is 21.3. The van der Waals surface area contributed by atoms with E-state index >= 15 is 0 Å². The number of hydrogen-bond donors (Lipinski definition) is 1. The maximum atomic E-state index is 14.7. The van der Waals surface area contributed by atoms with Crippen LogP contribution in [0.25, 0.3) is 16.9 Å². The van der Waals surface area contributed by atoms with E-state index in [0.29, 0.717) is 22.5 Å². The number of nitrogens with two attached hydrogens (primary N) is 1. The van der Waals surface area contributed by atoms with Crippen LogP contribution in [0.2, 0.25) is 0 Å². The lowest BCUT2D eigenvalue weighted by Crippen LogP contribution is -2.46. The Kier molecular flexibility index (Phi) is 5.08. The van der Waals surface area contributed by atoms with Crippen LogP contribution < -0.4 is 5.73 Å². The summed E-state index contributed by atoms with van der Waals surface area (Å²) in [6.07, 6.45) is -2.94. The van der Waals surface area contributed by atoms with E-state index in [4.69, 9.17) is 11.0 Å². The van der Waals surface area contributed by atoms with Gasteiger partial charge >= 0.3 is 6.18 Å². The van der Waals surface area contributed by atoms with Gasteiger partial charge in [-0.2, -0.15) is 23.5 Å². The maximum absolute atomic E-state index is 14.7. The van der Waals surface area contributed by atoms with Crippen LogP contribution in [0.4, 0.5) is 17.6 Å². The van der Waals surface area contributed by atoms with Crippen LogP contribution in [0.3, 0.4) is 0 Å². The third-order valence-electron chi connectivity index (χ3n) is 5.14. The summed E-state index contributed by atoms with van der Waals surface area (Å²) in [6, 6.07) is 8.61. The second kappa shape index (κ2) is 7.64. The van der Waals surface area contributed by atoms with Crippen molar-refractivity contribution in [2.75, 3.05) is 0 Å². The Balaban J connectivity index is 1.70. The smallest absolute Gasteiger partial charge is 0.425 e. The Morgan fingerprint density at radius 3 is 2.66 bits per heavy atom. The minimum absolute atomic E-state index is 0.0419. The fraction of sp³-hybridized carbons (Fsp3) is 0.238. The number of pyridine rings is 1. The van der Waals surface area contributed by atoms with Crippen LogP contribution in [0.5, 0.6) is 0 Å². The van der Waals surface area contributed by atoms with Gasteiger partial charge in [0.15, 0.2) is 11.9 Å². The van der Waals surface area contributed by atoms with Crippen LogP contribution in [0, 0.1) is 17.1 Å². The molecule has 2 aromatic heterocycles. The fourth-order valence-corrected chi connectivity index (χ4v) is 3.52. The number of nitriles is 1. The molecule has 2 N–H and O–H groups in total. The predicted octanol–water partition coefficient (Wildman–Crippen LogP) is 3.83. The average Bonchev–Trinajstić information content (AvgIpc) is 3.23. The van der Waals surface area contributed by atoms with Gasteiger partial charge in [-0.05, 0) is 36.8 Å². The van der Waals surface area contributed by atoms with Crippen molar-refractivity contribution in [3.63, 3.8) is 0 Å². The van der Waals surface area contributed by atoms with E-state index < -0.39 is 36.1 Å². The average molecular weight is 444 g/mol. The first-order valence-electron chi connectivity index (χ1n) is 9.39. The van der Waals surface area contributed by atoms with Gasteiger partial charge in [-0.1, -0.05) is 6.07 Å². The predicted molar refractivity (Wildman–Crippen MR) is 106 cm³/mol. The number of nitrogens with zero attached hydrogens (tertiary/aromatic N) is 5. The lowest BCUT2D eigenvalue weighted by molar-refractivity contribution is -0.208. The van der Waals surface area contributed by atoms with Gasteiger partial charge in [-0.15, -0.1) is 0 Å². The zero-order valence-electron chi connectivity index (χ0n) is 16.6. The van der Waals surface area contributed by atoms with Gasteiger partial charge in [0.2, 0.25) is 0 Å². The molecule has 0 spiro atoms. The summed E-state index contributed by atoms with van der Waals surface area (Å²) in [7, 11) is 0. The van der Waals surface area contributed by atoms with Crippen molar-refractivity contribution in [3.8, 4) is 23.0 Å². The molecule has 7 nitrogen and oxygen atoms in total. The van der Waals surface area contributed by atoms with Crippen LogP contribution in [0.15, 0.2) is 53.9 Å². The van der Waals surface area contributed by atoms with Crippen molar-refractivity contribution in [1.82, 2.24) is 14.8 Å². The zero-order valence-corrected chi connectivity index (χ0v) is 16.6. The molecule has 32 heavy (non-hydrogen) atoms. The lowest BCUT2D eigenvalue weighted by Gasteiger charge is -2.36. The number of amidine groups is 1. The number of alkyl halides is 3. The van der Waals surface area contributed by atoms with E-state index in [1.807, 2.05) is 6.07 Å². The van der Waals surface area contributed by atoms with Gasteiger partial charge in [0.25, 0.3) is 6.02 Å². The highest BCUT2D eigenvalue weighted by molar-refractivity contribution is 5.73. The molecular formula is C21H16F4N6O. The van der Waals surface area contributed by atoms with Crippen molar-refractivity contribution >= 4 is 6.02 Å². The number of benzene rings is 1. The van der Waals surface area contributed by atoms with Gasteiger partial charge in [0.05, 0.1) is 17.3 Å². The normalized spacial score (nSPS) is 20.9. The Hall–Kier alpha value is -3.94. The Labute approximate surface area is 179 Å². The number of aromatic nitrogens is 3. The lowest BCUT2D eigenvalue weighted by atomic mass is 9.84. The van der Waals surface area contributed by atoms with E-state index in [1.165, 1.54) is 36.1 Å². The van der Waals surface area contributed by atoms with Gasteiger partial charge in [-0.25, -0.2) is 19.0 Å². The third-order valence-corrected chi connectivity index (χ3v) is 5.14. The highest BCUT2D eigenvalue weighted by Crippen LogP contribution is 2.41. The minimum atomic E-state index is -4.68. The van der Waals surface area contributed by atoms with Crippen LogP contribution >= 0.6 is 0 Å². The fourth-order valence-electron chi connectivity index (χ4n) is 3.52. The molecule has 11 heteroatoms. The molecule has 0 fully saturated rings. The van der Waals surface area contributed by atoms with Crippen molar-refractivity contribution in [1.29, 1.82) is 5.26 Å². The van der Waals surface area contributed by atoms with Crippen molar-refractivity contribution < 1.29 is 22.3 Å². The Bertz CT molecular complexity index is 1230. The second-order valence-corrected chi connectivity index (χ2v) is 7.46. The summed E-state index contributed by atoms with van der Waals surface area (Å²) < 4.78 is 60.6. The van der Waals surface area contributed by atoms with E-state index in [1.54, 1.807) is 18.3 Å². The van der Waals surface area contributed by atoms with E-state index in [0.717, 1.165) is 6.07 Å². The molecule has 1 aliphatic rings. The van der Waals surface area contributed by atoms with Crippen LogP contribution in [0.1, 0.15) is 24.5 Å². The molecule has 2 atom stereocenters. The van der Waals surface area contributed by atoms with Crippen molar-refractivity contribution in [3.05, 3.63) is 65.9 Å².